The van der Waals surface area contributed by atoms with Crippen molar-refractivity contribution in [1.82, 2.24) is 4.90 Å². The first kappa shape index (κ1) is 21.4. The predicted octanol–water partition coefficient (Wildman–Crippen LogP) is 3.99. The third-order valence-electron chi connectivity index (χ3n) is 4.06. The minimum atomic E-state index is -4.01. The molecule has 1 saturated heterocycles. The summed E-state index contributed by atoms with van der Waals surface area (Å²) < 4.78 is 36.5. The Labute approximate surface area is 179 Å². The Morgan fingerprint density at radius 1 is 1.14 bits per heavy atom. The molecule has 29 heavy (non-hydrogen) atoms. The van der Waals surface area contributed by atoms with E-state index in [0.29, 0.717) is 21.4 Å². The van der Waals surface area contributed by atoms with E-state index in [-0.39, 0.29) is 22.3 Å². The predicted molar refractivity (Wildman–Crippen MR) is 118 cm³/mol. The van der Waals surface area contributed by atoms with Gasteiger partial charge < -0.3 is 8.92 Å². The SMILES string of the molecule is CCOc1cc(C=C2SC(=S)N(C)C2=O)ccc1OS(=O)(=O)c1ccc(C)cc1. The molecule has 0 N–H and O–H groups in total. The van der Waals surface area contributed by atoms with Gasteiger partial charge in [-0.2, -0.15) is 8.42 Å². The van der Waals surface area contributed by atoms with E-state index < -0.39 is 10.1 Å². The van der Waals surface area contributed by atoms with Gasteiger partial charge >= 0.3 is 10.1 Å². The van der Waals surface area contributed by atoms with Gasteiger partial charge in [-0.1, -0.05) is 47.7 Å². The Hall–Kier alpha value is -2.36. The van der Waals surface area contributed by atoms with E-state index in [0.717, 1.165) is 5.56 Å². The molecule has 152 valence electrons. The van der Waals surface area contributed by atoms with E-state index in [1.165, 1.54) is 34.9 Å². The van der Waals surface area contributed by atoms with Crippen molar-refractivity contribution in [3.63, 3.8) is 0 Å². The topological polar surface area (TPSA) is 72.9 Å². The lowest BCUT2D eigenvalue weighted by Crippen LogP contribution is -2.22. The highest BCUT2D eigenvalue weighted by atomic mass is 32.2. The first-order valence-electron chi connectivity index (χ1n) is 8.71. The maximum absolute atomic E-state index is 12.6. The molecular formula is C20H19NO5S3. The van der Waals surface area contributed by atoms with Crippen molar-refractivity contribution in [3.8, 4) is 11.5 Å². The van der Waals surface area contributed by atoms with Crippen LogP contribution in [0, 0.1) is 6.92 Å². The van der Waals surface area contributed by atoms with Crippen LogP contribution in [0.5, 0.6) is 11.5 Å². The van der Waals surface area contributed by atoms with Crippen LogP contribution in [0.25, 0.3) is 6.08 Å². The van der Waals surface area contributed by atoms with Crippen molar-refractivity contribution in [1.29, 1.82) is 0 Å². The van der Waals surface area contributed by atoms with Crippen molar-refractivity contribution in [3.05, 3.63) is 58.5 Å². The molecule has 1 aliphatic rings. The highest BCUT2D eigenvalue weighted by Gasteiger charge is 2.28. The molecule has 0 spiro atoms. The van der Waals surface area contributed by atoms with Crippen LogP contribution in [0.15, 0.2) is 52.3 Å². The number of nitrogens with zero attached hydrogens (tertiary/aromatic N) is 1. The molecule has 0 aliphatic carbocycles. The van der Waals surface area contributed by atoms with Crippen LogP contribution in [-0.4, -0.2) is 37.2 Å². The number of amides is 1. The van der Waals surface area contributed by atoms with Crippen molar-refractivity contribution in [2.45, 2.75) is 18.7 Å². The number of benzene rings is 2. The summed E-state index contributed by atoms with van der Waals surface area (Å²) in [5.41, 5.74) is 1.61. The average molecular weight is 450 g/mol. The summed E-state index contributed by atoms with van der Waals surface area (Å²) in [6.07, 6.45) is 1.68. The number of hydrogen-bond acceptors (Lipinski definition) is 7. The number of carbonyl (C=O) groups is 1. The lowest BCUT2D eigenvalue weighted by molar-refractivity contribution is -0.121. The molecule has 9 heteroatoms. The fraction of sp³-hybridized carbons (Fsp3) is 0.200. The summed E-state index contributed by atoms with van der Waals surface area (Å²) >= 11 is 6.34. The summed E-state index contributed by atoms with van der Waals surface area (Å²) in [5.74, 6) is 0.164. The van der Waals surface area contributed by atoms with Gasteiger partial charge in [-0.25, -0.2) is 0 Å². The van der Waals surface area contributed by atoms with Crippen LogP contribution in [0.4, 0.5) is 0 Å². The number of aryl methyl sites for hydroxylation is 1. The third kappa shape index (κ3) is 4.80. The molecule has 0 unspecified atom stereocenters. The molecule has 6 nitrogen and oxygen atoms in total. The Kier molecular flexibility index (Phi) is 6.30. The van der Waals surface area contributed by atoms with E-state index in [2.05, 4.69) is 0 Å². The number of thioether (sulfide) groups is 1. The van der Waals surface area contributed by atoms with Gasteiger partial charge in [0.25, 0.3) is 5.91 Å². The molecule has 1 fully saturated rings. The van der Waals surface area contributed by atoms with Crippen molar-refractivity contribution < 1.29 is 22.1 Å². The molecule has 0 atom stereocenters. The number of rotatable bonds is 6. The van der Waals surface area contributed by atoms with Crippen molar-refractivity contribution in [2.24, 2.45) is 0 Å². The molecule has 0 bridgehead atoms. The molecule has 1 amide bonds. The number of ether oxygens (including phenoxy) is 1. The van der Waals surface area contributed by atoms with E-state index in [1.807, 2.05) is 6.92 Å². The average Bonchev–Trinajstić information content (AvgIpc) is 2.91. The number of thiocarbonyl (C=S) groups is 1. The molecule has 0 saturated carbocycles. The fourth-order valence-corrected chi connectivity index (χ4v) is 4.64. The zero-order valence-corrected chi connectivity index (χ0v) is 18.5. The normalized spacial score (nSPS) is 15.8. The van der Waals surface area contributed by atoms with E-state index in [1.54, 1.807) is 44.3 Å². The molecule has 0 aromatic heterocycles. The number of hydrogen-bond donors (Lipinski definition) is 0. The van der Waals surface area contributed by atoms with Crippen LogP contribution < -0.4 is 8.92 Å². The molecular weight excluding hydrogens is 430 g/mol. The highest BCUT2D eigenvalue weighted by Crippen LogP contribution is 2.35. The third-order valence-corrected chi connectivity index (χ3v) is 6.79. The van der Waals surface area contributed by atoms with Gasteiger partial charge in [0.05, 0.1) is 11.5 Å². The van der Waals surface area contributed by atoms with E-state index in [4.69, 9.17) is 21.1 Å². The van der Waals surface area contributed by atoms with Gasteiger partial charge in [0.2, 0.25) is 0 Å². The minimum Gasteiger partial charge on any atom is -0.490 e. The fourth-order valence-electron chi connectivity index (χ4n) is 2.52. The zero-order chi connectivity index (χ0) is 21.2. The van der Waals surface area contributed by atoms with E-state index in [9.17, 15) is 13.2 Å². The molecule has 1 aliphatic heterocycles. The van der Waals surface area contributed by atoms with Gasteiger partial charge in [-0.05, 0) is 49.8 Å². The van der Waals surface area contributed by atoms with Crippen LogP contribution >= 0.6 is 24.0 Å². The second-order valence-corrected chi connectivity index (χ2v) is 9.45. The molecule has 2 aromatic rings. The van der Waals surface area contributed by atoms with Gasteiger partial charge in [0, 0.05) is 7.05 Å². The Morgan fingerprint density at radius 3 is 2.41 bits per heavy atom. The minimum absolute atomic E-state index is 0.0567. The van der Waals surface area contributed by atoms with Crippen molar-refractivity contribution in [2.75, 3.05) is 13.7 Å². The Balaban J connectivity index is 1.91. The number of carbonyl (C=O) groups excluding carboxylic acids is 1. The monoisotopic (exact) mass is 449 g/mol. The first-order valence-corrected chi connectivity index (χ1v) is 11.3. The lowest BCUT2D eigenvalue weighted by atomic mass is 10.2. The van der Waals surface area contributed by atoms with Gasteiger partial charge in [-0.3, -0.25) is 9.69 Å². The summed E-state index contributed by atoms with van der Waals surface area (Å²) in [7, 11) is -2.38. The van der Waals surface area contributed by atoms with Gasteiger partial charge in [-0.15, -0.1) is 0 Å². The molecule has 1 heterocycles. The summed E-state index contributed by atoms with van der Waals surface area (Å²) in [5, 5.41) is 0. The zero-order valence-electron chi connectivity index (χ0n) is 16.0. The quantitative estimate of drug-likeness (QED) is 0.375. The Bertz CT molecular complexity index is 1090. The first-order chi connectivity index (χ1) is 13.7. The second-order valence-electron chi connectivity index (χ2n) is 6.23. The smallest absolute Gasteiger partial charge is 0.339 e. The summed E-state index contributed by atoms with van der Waals surface area (Å²) in [6, 6.07) is 11.2. The second kappa shape index (κ2) is 8.56. The number of likely N-dealkylation sites (N-methyl/N-ethyl adjacent to an activating group) is 1. The van der Waals surface area contributed by atoms with Crippen LogP contribution in [0.2, 0.25) is 0 Å². The van der Waals surface area contributed by atoms with Crippen molar-refractivity contribution >= 4 is 50.4 Å². The van der Waals surface area contributed by atoms with Gasteiger partial charge in [0.1, 0.15) is 9.22 Å². The Morgan fingerprint density at radius 2 is 1.83 bits per heavy atom. The van der Waals surface area contributed by atoms with Crippen LogP contribution in [0.1, 0.15) is 18.1 Å². The standard InChI is InChI=1S/C20H19NO5S3/c1-4-25-17-11-14(12-18-19(22)21(3)20(27)28-18)7-10-16(17)26-29(23,24)15-8-5-13(2)6-9-15/h5-12H,4H2,1-3H3. The maximum Gasteiger partial charge on any atom is 0.339 e. The molecule has 2 aromatic carbocycles. The van der Waals surface area contributed by atoms with Gasteiger partial charge in [0.15, 0.2) is 11.5 Å². The molecule has 0 radical (unpaired) electrons. The molecule has 3 rings (SSSR count). The highest BCUT2D eigenvalue weighted by molar-refractivity contribution is 8.26. The lowest BCUT2D eigenvalue weighted by Gasteiger charge is -2.13. The summed E-state index contributed by atoms with van der Waals surface area (Å²) in [4.78, 5) is 14.1. The van der Waals surface area contributed by atoms with E-state index >= 15 is 0 Å². The van der Waals surface area contributed by atoms with Crippen LogP contribution in [-0.2, 0) is 14.9 Å². The maximum atomic E-state index is 12.6. The largest absolute Gasteiger partial charge is 0.490 e. The van der Waals surface area contributed by atoms with Crippen LogP contribution in [0.3, 0.4) is 0 Å². The summed E-state index contributed by atoms with van der Waals surface area (Å²) in [6.45, 7) is 3.98.